The van der Waals surface area contributed by atoms with Gasteiger partial charge in [0.25, 0.3) is 0 Å². The number of hydrogen-bond acceptors (Lipinski definition) is 5. The number of para-hydroxylation sites is 1. The Bertz CT molecular complexity index is 997. The van der Waals surface area contributed by atoms with Gasteiger partial charge in [0.1, 0.15) is 5.82 Å². The molecule has 142 valence electrons. The molecule has 1 aliphatic heterocycles. The summed E-state index contributed by atoms with van der Waals surface area (Å²) in [6.45, 7) is 2.23. The summed E-state index contributed by atoms with van der Waals surface area (Å²) >= 11 is 0. The van der Waals surface area contributed by atoms with Crippen molar-refractivity contribution in [1.82, 2.24) is 25.0 Å². The van der Waals surface area contributed by atoms with Crippen LogP contribution >= 0.6 is 0 Å². The lowest BCUT2D eigenvalue weighted by atomic mass is 10.1. The number of aromatic nitrogens is 3. The van der Waals surface area contributed by atoms with Gasteiger partial charge in [0, 0.05) is 24.2 Å². The Morgan fingerprint density at radius 1 is 1.11 bits per heavy atom. The largest absolute Gasteiger partial charge is 0.366 e. The van der Waals surface area contributed by atoms with Gasteiger partial charge >= 0.3 is 0 Å². The summed E-state index contributed by atoms with van der Waals surface area (Å²) in [7, 11) is 0. The molecule has 8 heteroatoms. The molecule has 1 aromatic heterocycles. The van der Waals surface area contributed by atoms with Crippen molar-refractivity contribution in [2.24, 2.45) is 5.73 Å². The second-order valence-electron chi connectivity index (χ2n) is 6.60. The van der Waals surface area contributed by atoms with Crippen molar-refractivity contribution in [3.8, 4) is 17.1 Å². The molecule has 0 spiro atoms. The van der Waals surface area contributed by atoms with E-state index in [0.717, 1.165) is 23.6 Å². The minimum Gasteiger partial charge on any atom is -0.366 e. The smallest absolute Gasteiger partial charge is 0.248 e. The Morgan fingerprint density at radius 2 is 1.86 bits per heavy atom. The van der Waals surface area contributed by atoms with Gasteiger partial charge in [-0.25, -0.2) is 9.67 Å². The van der Waals surface area contributed by atoms with Crippen molar-refractivity contribution in [3.05, 3.63) is 66.0 Å². The molecule has 0 radical (unpaired) electrons. The Morgan fingerprint density at radius 3 is 2.54 bits per heavy atom. The van der Waals surface area contributed by atoms with Crippen molar-refractivity contribution >= 4 is 11.8 Å². The van der Waals surface area contributed by atoms with E-state index in [1.165, 1.54) is 0 Å². The molecule has 4 rings (SSSR count). The van der Waals surface area contributed by atoms with E-state index < -0.39 is 5.91 Å². The highest BCUT2D eigenvalue weighted by molar-refractivity contribution is 5.93. The first-order valence-corrected chi connectivity index (χ1v) is 9.01. The number of amides is 2. The normalized spacial score (nSPS) is 14.6. The first-order valence-electron chi connectivity index (χ1n) is 9.01. The van der Waals surface area contributed by atoms with Crippen LogP contribution in [-0.4, -0.2) is 51.1 Å². The zero-order valence-corrected chi connectivity index (χ0v) is 15.2. The summed E-state index contributed by atoms with van der Waals surface area (Å²) < 4.78 is 1.80. The third-order valence-corrected chi connectivity index (χ3v) is 4.58. The minimum absolute atomic E-state index is 0.0132. The van der Waals surface area contributed by atoms with Gasteiger partial charge in [0.05, 0.1) is 18.8 Å². The monoisotopic (exact) mass is 376 g/mol. The average Bonchev–Trinajstić information content (AvgIpc) is 3.12. The summed E-state index contributed by atoms with van der Waals surface area (Å²) in [5.74, 6) is 0.837. The Labute approximate surface area is 162 Å². The van der Waals surface area contributed by atoms with Crippen LogP contribution in [0, 0.1) is 0 Å². The number of hydrogen-bond donors (Lipinski definition) is 2. The molecule has 8 nitrogen and oxygen atoms in total. The summed E-state index contributed by atoms with van der Waals surface area (Å²) in [6, 6.07) is 16.6. The number of nitrogens with zero attached hydrogens (tertiary/aromatic N) is 4. The summed E-state index contributed by atoms with van der Waals surface area (Å²) in [6.07, 6.45) is 0. The van der Waals surface area contributed by atoms with Gasteiger partial charge in [-0.2, -0.15) is 0 Å². The molecule has 1 aliphatic rings. The van der Waals surface area contributed by atoms with E-state index in [9.17, 15) is 9.59 Å². The first kappa shape index (κ1) is 17.9. The highest BCUT2D eigenvalue weighted by Gasteiger charge is 2.20. The molecule has 0 unspecified atom stereocenters. The Kier molecular flexibility index (Phi) is 4.86. The third kappa shape index (κ3) is 3.77. The highest BCUT2D eigenvalue weighted by Crippen LogP contribution is 2.20. The Balaban J connectivity index is 1.69. The van der Waals surface area contributed by atoms with E-state index in [1.54, 1.807) is 28.9 Å². The van der Waals surface area contributed by atoms with Crippen LogP contribution in [0.25, 0.3) is 17.1 Å². The number of carbonyl (C=O) groups excluding carboxylic acids is 2. The van der Waals surface area contributed by atoms with Gasteiger partial charge in [0.15, 0.2) is 5.82 Å². The van der Waals surface area contributed by atoms with Crippen molar-refractivity contribution in [2.75, 3.05) is 19.6 Å². The quantitative estimate of drug-likeness (QED) is 0.690. The van der Waals surface area contributed by atoms with Crippen molar-refractivity contribution in [2.45, 2.75) is 6.54 Å². The number of primary amides is 1. The molecule has 2 heterocycles. The van der Waals surface area contributed by atoms with Gasteiger partial charge in [-0.05, 0) is 24.3 Å². The van der Waals surface area contributed by atoms with Gasteiger partial charge < -0.3 is 11.1 Å². The van der Waals surface area contributed by atoms with E-state index in [4.69, 9.17) is 10.7 Å². The molecule has 2 aromatic carbocycles. The molecule has 0 atom stereocenters. The van der Waals surface area contributed by atoms with Gasteiger partial charge in [-0.3, -0.25) is 14.5 Å². The van der Waals surface area contributed by atoms with Crippen LogP contribution in [-0.2, 0) is 11.3 Å². The molecule has 28 heavy (non-hydrogen) atoms. The van der Waals surface area contributed by atoms with Crippen LogP contribution in [0.5, 0.6) is 0 Å². The number of piperazine rings is 1. The molecule has 0 bridgehead atoms. The standard InChI is InChI=1S/C20H20N6O2/c21-19(28)14-6-8-15(9-7-14)20-23-17(12-25-11-10-22-18(27)13-25)26(24-20)16-4-2-1-3-5-16/h1-9H,10-13H2,(H2,21,28)(H,22,27). The fourth-order valence-electron chi connectivity index (χ4n) is 3.15. The molecule has 0 aliphatic carbocycles. The van der Waals surface area contributed by atoms with Crippen LogP contribution in [0.2, 0.25) is 0 Å². The summed E-state index contributed by atoms with van der Waals surface area (Å²) in [5.41, 5.74) is 7.43. The molecule has 3 N–H and O–H groups in total. The lowest BCUT2D eigenvalue weighted by molar-refractivity contribution is -0.124. The maximum atomic E-state index is 11.7. The summed E-state index contributed by atoms with van der Waals surface area (Å²) in [5, 5.41) is 7.50. The zero-order valence-electron chi connectivity index (χ0n) is 15.2. The lowest BCUT2D eigenvalue weighted by Gasteiger charge is -2.25. The average molecular weight is 376 g/mol. The van der Waals surface area contributed by atoms with Crippen LogP contribution in [0.15, 0.2) is 54.6 Å². The minimum atomic E-state index is -0.474. The van der Waals surface area contributed by atoms with Crippen molar-refractivity contribution in [1.29, 1.82) is 0 Å². The molecule has 1 saturated heterocycles. The van der Waals surface area contributed by atoms with E-state index in [1.807, 2.05) is 35.2 Å². The fourth-order valence-corrected chi connectivity index (χ4v) is 3.15. The van der Waals surface area contributed by atoms with E-state index in [0.29, 0.717) is 31.0 Å². The lowest BCUT2D eigenvalue weighted by Crippen LogP contribution is -2.47. The topological polar surface area (TPSA) is 106 Å². The third-order valence-electron chi connectivity index (χ3n) is 4.58. The number of nitrogens with one attached hydrogen (secondary N) is 1. The van der Waals surface area contributed by atoms with E-state index in [-0.39, 0.29) is 5.91 Å². The van der Waals surface area contributed by atoms with E-state index >= 15 is 0 Å². The predicted molar refractivity (Wildman–Crippen MR) is 104 cm³/mol. The number of benzene rings is 2. The van der Waals surface area contributed by atoms with Crippen molar-refractivity contribution in [3.63, 3.8) is 0 Å². The predicted octanol–water partition coefficient (Wildman–Crippen LogP) is 0.965. The molecule has 1 fully saturated rings. The first-order chi connectivity index (χ1) is 13.6. The summed E-state index contributed by atoms with van der Waals surface area (Å²) in [4.78, 5) is 29.7. The number of nitrogens with two attached hydrogens (primary N) is 1. The molecule has 0 saturated carbocycles. The maximum Gasteiger partial charge on any atom is 0.248 e. The second-order valence-corrected chi connectivity index (χ2v) is 6.60. The Hall–Kier alpha value is -3.52. The van der Waals surface area contributed by atoms with Crippen LogP contribution in [0.3, 0.4) is 0 Å². The van der Waals surface area contributed by atoms with Gasteiger partial charge in [0.2, 0.25) is 11.8 Å². The van der Waals surface area contributed by atoms with Gasteiger partial charge in [-0.15, -0.1) is 5.10 Å². The molecular weight excluding hydrogens is 356 g/mol. The van der Waals surface area contributed by atoms with Crippen LogP contribution in [0.1, 0.15) is 16.2 Å². The molecule has 3 aromatic rings. The van der Waals surface area contributed by atoms with Crippen molar-refractivity contribution < 1.29 is 9.59 Å². The molecular formula is C20H20N6O2. The highest BCUT2D eigenvalue weighted by atomic mass is 16.2. The molecule has 2 amide bonds. The zero-order chi connectivity index (χ0) is 19.5. The van der Waals surface area contributed by atoms with Crippen LogP contribution < -0.4 is 11.1 Å². The van der Waals surface area contributed by atoms with Gasteiger partial charge in [-0.1, -0.05) is 30.3 Å². The maximum absolute atomic E-state index is 11.7. The second kappa shape index (κ2) is 7.61. The fraction of sp³-hybridized carbons (Fsp3) is 0.200. The van der Waals surface area contributed by atoms with Crippen LogP contribution in [0.4, 0.5) is 0 Å². The van der Waals surface area contributed by atoms with E-state index in [2.05, 4.69) is 10.4 Å². The SMILES string of the molecule is NC(=O)c1ccc(-c2nc(CN3CCNC(=O)C3)n(-c3ccccc3)n2)cc1. The number of carbonyl (C=O) groups is 2. The number of rotatable bonds is 5.